The molecule has 0 spiro atoms. The van der Waals surface area contributed by atoms with Gasteiger partial charge in [0.15, 0.2) is 0 Å². The van der Waals surface area contributed by atoms with Gasteiger partial charge >= 0.3 is 0 Å². The Morgan fingerprint density at radius 3 is 2.83 bits per heavy atom. The van der Waals surface area contributed by atoms with Crippen LogP contribution in [-0.2, 0) is 13.1 Å². The van der Waals surface area contributed by atoms with Crippen LogP contribution in [0.3, 0.4) is 0 Å². The fourth-order valence-corrected chi connectivity index (χ4v) is 1.66. The van der Waals surface area contributed by atoms with Crippen LogP contribution in [0.15, 0.2) is 36.8 Å². The number of pyridine rings is 1. The average molecular weight is 243 g/mol. The topological polar surface area (TPSA) is 53.9 Å². The summed E-state index contributed by atoms with van der Waals surface area (Å²) >= 11 is 0. The second-order valence-electron chi connectivity index (χ2n) is 4.08. The van der Waals surface area contributed by atoms with Gasteiger partial charge in [0.25, 0.3) is 0 Å². The smallest absolute Gasteiger partial charge is 0.147 e. The molecule has 0 atom stereocenters. The third-order valence-corrected chi connectivity index (χ3v) is 2.55. The van der Waals surface area contributed by atoms with E-state index in [1.165, 1.54) is 0 Å². The molecule has 0 amide bonds. The molecule has 5 nitrogen and oxygen atoms in total. The Bertz CT molecular complexity index is 486. The lowest BCUT2D eigenvalue weighted by atomic mass is 10.3. The number of anilines is 1. The molecule has 0 saturated carbocycles. The number of hydrogen-bond acceptors (Lipinski definition) is 5. The predicted octanol–water partition coefficient (Wildman–Crippen LogP) is 1.23. The van der Waals surface area contributed by atoms with Crippen LogP contribution in [0.4, 0.5) is 5.82 Å². The van der Waals surface area contributed by atoms with Crippen molar-refractivity contribution in [2.24, 2.45) is 0 Å². The molecule has 0 aliphatic rings. The number of nitrogens with zero attached hydrogens (tertiary/aromatic N) is 4. The minimum absolute atomic E-state index is 0.721. The molecule has 2 aromatic heterocycles. The van der Waals surface area contributed by atoms with E-state index in [1.54, 1.807) is 18.6 Å². The molecule has 2 aromatic rings. The summed E-state index contributed by atoms with van der Waals surface area (Å²) in [7, 11) is 3.88. The Kier molecular flexibility index (Phi) is 4.20. The van der Waals surface area contributed by atoms with Gasteiger partial charge in [-0.2, -0.15) is 0 Å². The molecule has 2 rings (SSSR count). The van der Waals surface area contributed by atoms with Gasteiger partial charge in [0.1, 0.15) is 5.82 Å². The number of hydrogen-bond donors (Lipinski definition) is 1. The SMILES string of the molecule is CNCc1cncc(N(C)Cc2ccccn2)n1. The molecule has 0 saturated heterocycles. The van der Waals surface area contributed by atoms with Crippen LogP contribution in [0, 0.1) is 0 Å². The molecule has 5 heteroatoms. The maximum absolute atomic E-state index is 4.53. The first-order valence-electron chi connectivity index (χ1n) is 5.86. The van der Waals surface area contributed by atoms with Crippen molar-refractivity contribution < 1.29 is 0 Å². The van der Waals surface area contributed by atoms with Gasteiger partial charge in [0.05, 0.1) is 24.1 Å². The van der Waals surface area contributed by atoms with Gasteiger partial charge in [-0.25, -0.2) is 4.98 Å². The maximum Gasteiger partial charge on any atom is 0.147 e. The monoisotopic (exact) mass is 243 g/mol. The Labute approximate surface area is 107 Å². The van der Waals surface area contributed by atoms with E-state index < -0.39 is 0 Å². The van der Waals surface area contributed by atoms with Crippen molar-refractivity contribution in [2.75, 3.05) is 19.0 Å². The fourth-order valence-electron chi connectivity index (χ4n) is 1.66. The standard InChI is InChI=1S/C13H17N5/c1-14-7-12-8-15-9-13(17-12)18(2)10-11-5-3-4-6-16-11/h3-6,8-9,14H,7,10H2,1-2H3. The summed E-state index contributed by atoms with van der Waals surface area (Å²) < 4.78 is 0. The van der Waals surface area contributed by atoms with Gasteiger partial charge in [-0.15, -0.1) is 0 Å². The van der Waals surface area contributed by atoms with Crippen molar-refractivity contribution in [3.05, 3.63) is 48.2 Å². The van der Waals surface area contributed by atoms with Gasteiger partial charge in [-0.05, 0) is 19.2 Å². The van der Waals surface area contributed by atoms with Crippen LogP contribution in [0.5, 0.6) is 0 Å². The Hall–Kier alpha value is -2.01. The number of rotatable bonds is 5. The van der Waals surface area contributed by atoms with E-state index >= 15 is 0 Å². The van der Waals surface area contributed by atoms with Crippen molar-refractivity contribution in [1.29, 1.82) is 0 Å². The van der Waals surface area contributed by atoms with Gasteiger partial charge < -0.3 is 10.2 Å². The highest BCUT2D eigenvalue weighted by atomic mass is 15.2. The van der Waals surface area contributed by atoms with E-state index in [1.807, 2.05) is 37.2 Å². The van der Waals surface area contributed by atoms with Crippen molar-refractivity contribution >= 4 is 5.82 Å². The number of aromatic nitrogens is 3. The minimum atomic E-state index is 0.721. The number of nitrogens with one attached hydrogen (secondary N) is 1. The van der Waals surface area contributed by atoms with Crippen molar-refractivity contribution in [2.45, 2.75) is 13.1 Å². The van der Waals surface area contributed by atoms with Gasteiger partial charge in [-0.3, -0.25) is 9.97 Å². The van der Waals surface area contributed by atoms with Crippen molar-refractivity contribution in [1.82, 2.24) is 20.3 Å². The third-order valence-electron chi connectivity index (χ3n) is 2.55. The molecule has 94 valence electrons. The molecule has 0 aromatic carbocycles. The minimum Gasteiger partial charge on any atom is -0.352 e. The lowest BCUT2D eigenvalue weighted by Gasteiger charge is -2.17. The molecule has 0 bridgehead atoms. The highest BCUT2D eigenvalue weighted by Crippen LogP contribution is 2.10. The molecular weight excluding hydrogens is 226 g/mol. The molecule has 0 aliphatic carbocycles. The first-order chi connectivity index (χ1) is 8.79. The Morgan fingerprint density at radius 1 is 1.22 bits per heavy atom. The molecule has 0 unspecified atom stereocenters. The first kappa shape index (κ1) is 12.4. The molecule has 18 heavy (non-hydrogen) atoms. The summed E-state index contributed by atoms with van der Waals surface area (Å²) in [6, 6.07) is 5.90. The van der Waals surface area contributed by atoms with Crippen LogP contribution in [0.1, 0.15) is 11.4 Å². The second-order valence-corrected chi connectivity index (χ2v) is 4.08. The van der Waals surface area contributed by atoms with Crippen molar-refractivity contribution in [3.63, 3.8) is 0 Å². The zero-order chi connectivity index (χ0) is 12.8. The van der Waals surface area contributed by atoms with E-state index in [9.17, 15) is 0 Å². The van der Waals surface area contributed by atoms with Crippen molar-refractivity contribution in [3.8, 4) is 0 Å². The molecular formula is C13H17N5. The quantitative estimate of drug-likeness (QED) is 0.856. The molecule has 0 fully saturated rings. The summed E-state index contributed by atoms with van der Waals surface area (Å²) in [4.78, 5) is 15.1. The largest absolute Gasteiger partial charge is 0.352 e. The van der Waals surface area contributed by atoms with E-state index in [0.29, 0.717) is 0 Å². The second kappa shape index (κ2) is 6.07. The third kappa shape index (κ3) is 3.24. The lowest BCUT2D eigenvalue weighted by molar-refractivity contribution is 0.772. The summed E-state index contributed by atoms with van der Waals surface area (Å²) in [5.41, 5.74) is 1.95. The lowest BCUT2D eigenvalue weighted by Crippen LogP contribution is -2.19. The average Bonchev–Trinajstić information content (AvgIpc) is 2.40. The van der Waals surface area contributed by atoms with E-state index in [-0.39, 0.29) is 0 Å². The molecule has 1 N–H and O–H groups in total. The first-order valence-corrected chi connectivity index (χ1v) is 5.86. The van der Waals surface area contributed by atoms with Crippen LogP contribution < -0.4 is 10.2 Å². The van der Waals surface area contributed by atoms with Crippen LogP contribution in [0.2, 0.25) is 0 Å². The molecule has 0 aliphatic heterocycles. The normalized spacial score (nSPS) is 10.3. The highest BCUT2D eigenvalue weighted by Gasteiger charge is 2.05. The van der Waals surface area contributed by atoms with E-state index in [0.717, 1.165) is 30.3 Å². The van der Waals surface area contributed by atoms with Gasteiger partial charge in [0.2, 0.25) is 0 Å². The zero-order valence-corrected chi connectivity index (χ0v) is 10.7. The summed E-state index contributed by atoms with van der Waals surface area (Å²) in [6.07, 6.45) is 5.34. The maximum atomic E-state index is 4.53. The predicted molar refractivity (Wildman–Crippen MR) is 71.1 cm³/mol. The Morgan fingerprint density at radius 2 is 2.11 bits per heavy atom. The van der Waals surface area contributed by atoms with Gasteiger partial charge in [0, 0.05) is 26.0 Å². The molecule has 2 heterocycles. The summed E-state index contributed by atoms with van der Waals surface area (Å²) in [5.74, 6) is 0.855. The van der Waals surface area contributed by atoms with E-state index in [2.05, 4.69) is 20.3 Å². The molecule has 0 radical (unpaired) electrons. The van der Waals surface area contributed by atoms with Crippen LogP contribution in [-0.4, -0.2) is 29.0 Å². The van der Waals surface area contributed by atoms with Crippen LogP contribution in [0.25, 0.3) is 0 Å². The van der Waals surface area contributed by atoms with Gasteiger partial charge in [-0.1, -0.05) is 6.07 Å². The Balaban J connectivity index is 2.08. The fraction of sp³-hybridized carbons (Fsp3) is 0.308. The van der Waals surface area contributed by atoms with E-state index in [4.69, 9.17) is 0 Å². The van der Waals surface area contributed by atoms with Crippen LogP contribution >= 0.6 is 0 Å². The highest BCUT2D eigenvalue weighted by molar-refractivity contribution is 5.35. The summed E-state index contributed by atoms with van der Waals surface area (Å²) in [5, 5.41) is 3.07. The zero-order valence-electron chi connectivity index (χ0n) is 10.7. The summed E-state index contributed by atoms with van der Waals surface area (Å²) in [6.45, 7) is 1.44.